The second-order valence-electron chi connectivity index (χ2n) is 12.2. The van der Waals surface area contributed by atoms with Gasteiger partial charge in [-0.25, -0.2) is 0 Å². The van der Waals surface area contributed by atoms with E-state index in [-0.39, 0.29) is 29.1 Å². The van der Waals surface area contributed by atoms with Crippen LogP contribution in [0.15, 0.2) is 22.5 Å². The third-order valence-electron chi connectivity index (χ3n) is 10.6. The van der Waals surface area contributed by atoms with E-state index in [1.54, 1.807) is 11.1 Å². The van der Waals surface area contributed by atoms with Crippen LogP contribution in [0, 0.1) is 28.6 Å². The van der Waals surface area contributed by atoms with Gasteiger partial charge in [0.15, 0.2) is 11.4 Å². The maximum absolute atomic E-state index is 13.1. The molecule has 0 radical (unpaired) electrons. The van der Waals surface area contributed by atoms with Crippen LogP contribution in [-0.2, 0) is 9.53 Å². The minimum atomic E-state index is -1.93. The molecule has 0 spiro atoms. The number of fused-ring (bicyclic) bond motifs is 4. The number of ketones is 1. The van der Waals surface area contributed by atoms with Crippen molar-refractivity contribution >= 4 is 5.78 Å². The number of aliphatic hydroxyl groups is 3. The topological polar surface area (TPSA) is 87.0 Å². The van der Waals surface area contributed by atoms with Crippen molar-refractivity contribution < 1.29 is 24.9 Å². The Hall–Kier alpha value is -1.17. The van der Waals surface area contributed by atoms with Crippen LogP contribution in [0.1, 0.15) is 79.1 Å². The van der Waals surface area contributed by atoms with Gasteiger partial charge in [-0.2, -0.15) is 0 Å². The highest BCUT2D eigenvalue weighted by atomic mass is 16.5. The Kier molecular flexibility index (Phi) is 3.85. The van der Waals surface area contributed by atoms with Crippen molar-refractivity contribution in [1.82, 2.24) is 0 Å². The van der Waals surface area contributed by atoms with Gasteiger partial charge >= 0.3 is 0 Å². The Morgan fingerprint density at radius 3 is 2.48 bits per heavy atom. The number of aliphatic hydroxyl groups excluding tert-OH is 1. The number of carbonyl (C=O) groups excluding carboxylic acids is 1. The second kappa shape index (κ2) is 5.84. The predicted molar refractivity (Wildman–Crippen MR) is 115 cm³/mol. The highest BCUT2D eigenvalue weighted by Gasteiger charge is 2.78. The van der Waals surface area contributed by atoms with Gasteiger partial charge < -0.3 is 20.1 Å². The Morgan fingerprint density at radius 1 is 1.03 bits per heavy atom. The first-order valence-electron chi connectivity index (χ1n) is 12.3. The largest absolute Gasteiger partial charge is 0.504 e. The first-order chi connectivity index (χ1) is 14.5. The van der Waals surface area contributed by atoms with E-state index >= 15 is 0 Å². The molecule has 0 aromatic heterocycles. The third kappa shape index (κ3) is 2.08. The number of carbonyl (C=O) groups is 1. The van der Waals surface area contributed by atoms with Gasteiger partial charge in [0.05, 0.1) is 12.2 Å². The van der Waals surface area contributed by atoms with Crippen LogP contribution >= 0.6 is 0 Å². The van der Waals surface area contributed by atoms with E-state index < -0.39 is 29.0 Å². The molecule has 1 aliphatic heterocycles. The molecule has 5 heteroatoms. The first-order valence-corrected chi connectivity index (χ1v) is 12.3. The van der Waals surface area contributed by atoms with Crippen molar-refractivity contribution in [1.29, 1.82) is 0 Å². The number of allylic oxidation sites excluding steroid dienone is 2. The lowest BCUT2D eigenvalue weighted by Gasteiger charge is -2.53. The molecule has 31 heavy (non-hydrogen) atoms. The van der Waals surface area contributed by atoms with E-state index in [1.165, 1.54) is 6.42 Å². The zero-order chi connectivity index (χ0) is 22.1. The summed E-state index contributed by atoms with van der Waals surface area (Å²) < 4.78 is 6.63. The van der Waals surface area contributed by atoms with Crippen LogP contribution in [0.25, 0.3) is 0 Å². The van der Waals surface area contributed by atoms with Crippen LogP contribution in [-0.4, -0.2) is 44.5 Å². The number of hydrogen-bond acceptors (Lipinski definition) is 5. The van der Waals surface area contributed by atoms with E-state index in [0.29, 0.717) is 30.3 Å². The molecule has 4 fully saturated rings. The molecule has 0 aromatic rings. The SMILES string of the molecule is CC(C)C1=C2C3CCC4=C(O)C(=O)C5(O)CCC6OC(C4C65O)C3(C)CCC2(C)CC1. The Morgan fingerprint density at radius 2 is 1.77 bits per heavy atom. The summed E-state index contributed by atoms with van der Waals surface area (Å²) in [5.74, 6) is -0.685. The van der Waals surface area contributed by atoms with Crippen molar-refractivity contribution in [3.63, 3.8) is 0 Å². The molecule has 0 aromatic carbocycles. The summed E-state index contributed by atoms with van der Waals surface area (Å²) in [4.78, 5) is 13.1. The van der Waals surface area contributed by atoms with Crippen LogP contribution in [0.2, 0.25) is 0 Å². The second-order valence-corrected chi connectivity index (χ2v) is 12.2. The minimum absolute atomic E-state index is 0.147. The lowest BCUT2D eigenvalue weighted by molar-refractivity contribution is -0.179. The summed E-state index contributed by atoms with van der Waals surface area (Å²) in [6.07, 6.45) is 5.67. The zero-order valence-corrected chi connectivity index (χ0v) is 19.2. The number of hydrogen-bond donors (Lipinski definition) is 3. The molecule has 3 N–H and O–H groups in total. The van der Waals surface area contributed by atoms with Gasteiger partial charge in [0.2, 0.25) is 5.78 Å². The number of rotatable bonds is 1. The smallest absolute Gasteiger partial charge is 0.231 e. The quantitative estimate of drug-likeness (QED) is 0.550. The molecular formula is C26H36O5. The fraction of sp³-hybridized carbons (Fsp3) is 0.808. The van der Waals surface area contributed by atoms with E-state index in [9.17, 15) is 20.1 Å². The van der Waals surface area contributed by atoms with Gasteiger partial charge in [-0.15, -0.1) is 0 Å². The van der Waals surface area contributed by atoms with Gasteiger partial charge in [-0.1, -0.05) is 38.8 Å². The maximum Gasteiger partial charge on any atom is 0.231 e. The fourth-order valence-corrected chi connectivity index (χ4v) is 8.92. The summed E-state index contributed by atoms with van der Waals surface area (Å²) in [6, 6.07) is 0. The lowest BCUT2D eigenvalue weighted by Crippen LogP contribution is -2.66. The average Bonchev–Trinajstić information content (AvgIpc) is 3.28. The molecule has 5 aliphatic carbocycles. The van der Waals surface area contributed by atoms with Gasteiger partial charge in [0, 0.05) is 11.3 Å². The molecule has 8 atom stereocenters. The maximum atomic E-state index is 13.1. The monoisotopic (exact) mass is 428 g/mol. The normalized spacial score (nSPS) is 53.1. The summed E-state index contributed by atoms with van der Waals surface area (Å²) in [6.45, 7) is 9.32. The highest BCUT2D eigenvalue weighted by Crippen LogP contribution is 2.69. The summed E-state index contributed by atoms with van der Waals surface area (Å²) >= 11 is 0. The standard InChI is InChI=1S/C26H36O5/c1-13(2)14-7-9-23(3)11-12-24(4)16(18(14)23)6-5-15-19-22(24)31-17-8-10-25(29,26(17,19)30)21(28)20(15)27/h13,16-17,19,22,27,29-30H,5-12H2,1-4H3. The molecular weight excluding hydrogens is 392 g/mol. The molecule has 3 saturated carbocycles. The zero-order valence-electron chi connectivity index (χ0n) is 19.2. The average molecular weight is 429 g/mol. The van der Waals surface area contributed by atoms with Crippen molar-refractivity contribution in [2.45, 2.75) is 102 Å². The van der Waals surface area contributed by atoms with Gasteiger partial charge in [0.25, 0.3) is 0 Å². The molecule has 5 nitrogen and oxygen atoms in total. The van der Waals surface area contributed by atoms with E-state index in [4.69, 9.17) is 4.74 Å². The molecule has 1 heterocycles. The molecule has 1 saturated heterocycles. The molecule has 0 bridgehead atoms. The molecule has 8 unspecified atom stereocenters. The Labute approximate surface area is 184 Å². The predicted octanol–water partition coefficient (Wildman–Crippen LogP) is 3.98. The van der Waals surface area contributed by atoms with Crippen LogP contribution in [0.5, 0.6) is 0 Å². The van der Waals surface area contributed by atoms with Crippen LogP contribution < -0.4 is 0 Å². The van der Waals surface area contributed by atoms with Crippen LogP contribution in [0.3, 0.4) is 0 Å². The van der Waals surface area contributed by atoms with Gasteiger partial charge in [0.1, 0.15) is 5.60 Å². The van der Waals surface area contributed by atoms with Crippen molar-refractivity contribution in [2.24, 2.45) is 28.6 Å². The minimum Gasteiger partial charge on any atom is -0.504 e. The summed E-state index contributed by atoms with van der Waals surface area (Å²) in [7, 11) is 0. The van der Waals surface area contributed by atoms with E-state index in [0.717, 1.165) is 25.7 Å². The summed E-state index contributed by atoms with van der Waals surface area (Å²) in [5, 5.41) is 34.2. The molecule has 6 rings (SSSR count). The molecule has 6 aliphatic rings. The summed E-state index contributed by atoms with van der Waals surface area (Å²) in [5.41, 5.74) is 0.300. The van der Waals surface area contributed by atoms with E-state index in [1.807, 2.05) is 0 Å². The third-order valence-corrected chi connectivity index (χ3v) is 10.6. The first kappa shape index (κ1) is 20.4. The highest BCUT2D eigenvalue weighted by molar-refractivity contribution is 6.03. The van der Waals surface area contributed by atoms with Crippen molar-refractivity contribution in [3.05, 3.63) is 22.5 Å². The molecule has 0 amide bonds. The van der Waals surface area contributed by atoms with Gasteiger partial charge in [-0.05, 0) is 74.2 Å². The van der Waals surface area contributed by atoms with Crippen molar-refractivity contribution in [2.75, 3.05) is 0 Å². The fourth-order valence-electron chi connectivity index (χ4n) is 8.92. The molecule has 170 valence electrons. The number of Topliss-reactive ketones (excluding diaryl/α,β-unsaturated/α-hetero) is 1. The Bertz CT molecular complexity index is 947. The van der Waals surface area contributed by atoms with Crippen LogP contribution in [0.4, 0.5) is 0 Å². The lowest BCUT2D eigenvalue weighted by atomic mass is 9.52. The van der Waals surface area contributed by atoms with Crippen molar-refractivity contribution in [3.8, 4) is 0 Å². The van der Waals surface area contributed by atoms with Gasteiger partial charge in [-0.3, -0.25) is 4.79 Å². The number of ether oxygens (including phenoxy) is 1. The Balaban J connectivity index is 1.56. The van der Waals surface area contributed by atoms with E-state index in [2.05, 4.69) is 27.7 Å².